The molecule has 0 saturated heterocycles. The zero-order valence-electron chi connectivity index (χ0n) is 11.7. The van der Waals surface area contributed by atoms with Crippen LogP contribution in [0.3, 0.4) is 0 Å². The van der Waals surface area contributed by atoms with Gasteiger partial charge in [-0.15, -0.1) is 5.10 Å². The zero-order valence-corrected chi connectivity index (χ0v) is 12.4. The van der Waals surface area contributed by atoms with E-state index in [1.807, 2.05) is 6.92 Å². The Hall–Kier alpha value is -2.15. The molecule has 1 heterocycles. The van der Waals surface area contributed by atoms with Crippen molar-refractivity contribution in [3.8, 4) is 17.1 Å². The van der Waals surface area contributed by atoms with Crippen LogP contribution in [-0.4, -0.2) is 38.4 Å². The van der Waals surface area contributed by atoms with Crippen molar-refractivity contribution in [1.82, 2.24) is 20.2 Å². The molecule has 1 aromatic carbocycles. The van der Waals surface area contributed by atoms with Gasteiger partial charge in [0.2, 0.25) is 0 Å². The molecule has 0 aliphatic heterocycles. The summed E-state index contributed by atoms with van der Waals surface area (Å²) >= 11 is 5.94. The van der Waals surface area contributed by atoms with Gasteiger partial charge in [0.15, 0.2) is 5.82 Å². The molecule has 1 unspecified atom stereocenters. The van der Waals surface area contributed by atoms with E-state index in [1.54, 1.807) is 18.2 Å². The van der Waals surface area contributed by atoms with Gasteiger partial charge in [0, 0.05) is 5.02 Å². The molecule has 112 valence electrons. The van der Waals surface area contributed by atoms with Crippen LogP contribution in [-0.2, 0) is 4.79 Å². The second-order valence-electron chi connectivity index (χ2n) is 4.45. The lowest BCUT2D eigenvalue weighted by Gasteiger charge is -2.15. The summed E-state index contributed by atoms with van der Waals surface area (Å²) in [4.78, 5) is 11.0. The number of benzene rings is 1. The first-order valence-electron chi connectivity index (χ1n) is 6.40. The van der Waals surface area contributed by atoms with Gasteiger partial charge in [-0.3, -0.25) is 4.79 Å². The molecule has 0 fully saturated rings. The molecule has 0 bridgehead atoms. The fourth-order valence-corrected chi connectivity index (χ4v) is 2.23. The van der Waals surface area contributed by atoms with Gasteiger partial charge in [0.25, 0.3) is 0 Å². The second-order valence-corrected chi connectivity index (χ2v) is 4.89. The minimum atomic E-state index is -0.897. The Balaban J connectivity index is 2.47. The highest BCUT2D eigenvalue weighted by molar-refractivity contribution is 6.30. The van der Waals surface area contributed by atoms with Crippen LogP contribution in [0.5, 0.6) is 5.75 Å². The predicted molar refractivity (Wildman–Crippen MR) is 76.4 cm³/mol. The summed E-state index contributed by atoms with van der Waals surface area (Å²) in [6.45, 7) is 1.89. The minimum absolute atomic E-state index is 0.0511. The summed E-state index contributed by atoms with van der Waals surface area (Å²) < 4.78 is 6.80. The summed E-state index contributed by atoms with van der Waals surface area (Å²) in [6.07, 6.45) is 0.546. The highest BCUT2D eigenvalue weighted by atomic mass is 35.5. The Morgan fingerprint density at radius 1 is 1.52 bits per heavy atom. The van der Waals surface area contributed by atoms with Crippen LogP contribution in [0.2, 0.25) is 5.02 Å². The van der Waals surface area contributed by atoms with Crippen molar-refractivity contribution < 1.29 is 14.6 Å². The molecule has 7 nitrogen and oxygen atoms in total. The Bertz CT molecular complexity index is 644. The third-order valence-electron chi connectivity index (χ3n) is 3.12. The van der Waals surface area contributed by atoms with Crippen molar-refractivity contribution in [3.63, 3.8) is 0 Å². The topological polar surface area (TPSA) is 90.1 Å². The molecule has 1 N–H and O–H groups in total. The van der Waals surface area contributed by atoms with E-state index in [9.17, 15) is 4.79 Å². The van der Waals surface area contributed by atoms with E-state index in [0.29, 0.717) is 28.6 Å². The number of hydrogen-bond donors (Lipinski definition) is 1. The van der Waals surface area contributed by atoms with Crippen molar-refractivity contribution >= 4 is 17.6 Å². The summed E-state index contributed by atoms with van der Waals surface area (Å²) in [5.41, 5.74) is 0.663. The van der Waals surface area contributed by atoms with Gasteiger partial charge in [0.05, 0.1) is 25.1 Å². The molecule has 0 radical (unpaired) electrons. The molecule has 0 aliphatic rings. The molecule has 0 spiro atoms. The number of hydrogen-bond acceptors (Lipinski definition) is 5. The third kappa shape index (κ3) is 3.30. The molecule has 1 aromatic heterocycles. The number of nitrogens with zero attached hydrogens (tertiary/aromatic N) is 4. The van der Waals surface area contributed by atoms with Gasteiger partial charge in [-0.05, 0) is 35.0 Å². The minimum Gasteiger partial charge on any atom is -0.496 e. The van der Waals surface area contributed by atoms with E-state index in [1.165, 1.54) is 11.8 Å². The molecule has 8 heteroatoms. The first-order chi connectivity index (χ1) is 10.1. The smallest absolute Gasteiger partial charge is 0.305 e. The van der Waals surface area contributed by atoms with Gasteiger partial charge < -0.3 is 9.84 Å². The van der Waals surface area contributed by atoms with Crippen molar-refractivity contribution in [2.24, 2.45) is 0 Å². The predicted octanol–water partition coefficient (Wildman–Crippen LogP) is 2.43. The fraction of sp³-hybridized carbons (Fsp3) is 0.385. The fourth-order valence-electron chi connectivity index (χ4n) is 2.07. The summed E-state index contributed by atoms with van der Waals surface area (Å²) in [5.74, 6) is 0.0896. The Morgan fingerprint density at radius 2 is 2.29 bits per heavy atom. The normalized spacial score (nSPS) is 12.1. The molecular weight excluding hydrogens is 296 g/mol. The molecule has 1 atom stereocenters. The number of rotatable bonds is 6. The van der Waals surface area contributed by atoms with Crippen molar-refractivity contribution in [2.75, 3.05) is 7.11 Å². The second kappa shape index (κ2) is 6.53. The van der Waals surface area contributed by atoms with Gasteiger partial charge in [-0.2, -0.15) is 0 Å². The highest BCUT2D eigenvalue weighted by Gasteiger charge is 2.21. The highest BCUT2D eigenvalue weighted by Crippen LogP contribution is 2.32. The SMILES string of the molecule is CCC(CC(=O)O)n1nnnc1-c1ccc(Cl)cc1OC. The van der Waals surface area contributed by atoms with Crippen LogP contribution in [0.1, 0.15) is 25.8 Å². The number of halogens is 1. The summed E-state index contributed by atoms with van der Waals surface area (Å²) in [7, 11) is 1.53. The molecule has 2 aromatic rings. The van der Waals surface area contributed by atoms with E-state index in [2.05, 4.69) is 15.5 Å². The molecule has 2 rings (SSSR count). The van der Waals surface area contributed by atoms with E-state index in [0.717, 1.165) is 0 Å². The Morgan fingerprint density at radius 3 is 2.90 bits per heavy atom. The monoisotopic (exact) mass is 310 g/mol. The summed E-state index contributed by atoms with van der Waals surface area (Å²) in [5, 5.41) is 21.1. The number of aromatic nitrogens is 4. The maximum Gasteiger partial charge on any atom is 0.305 e. The molecular formula is C13H15ClN4O3. The zero-order chi connectivity index (χ0) is 15.4. The van der Waals surface area contributed by atoms with Gasteiger partial charge in [0.1, 0.15) is 5.75 Å². The quantitative estimate of drug-likeness (QED) is 0.881. The third-order valence-corrected chi connectivity index (χ3v) is 3.36. The van der Waals surface area contributed by atoms with E-state index >= 15 is 0 Å². The van der Waals surface area contributed by atoms with Gasteiger partial charge in [-0.25, -0.2) is 4.68 Å². The number of carboxylic acid groups (broad SMARTS) is 1. The maximum absolute atomic E-state index is 11.0. The molecule has 0 amide bonds. The number of ether oxygens (including phenoxy) is 1. The van der Waals surface area contributed by atoms with Crippen molar-refractivity contribution in [2.45, 2.75) is 25.8 Å². The molecule has 0 aliphatic carbocycles. The van der Waals surface area contributed by atoms with Crippen LogP contribution >= 0.6 is 11.6 Å². The largest absolute Gasteiger partial charge is 0.496 e. The average Bonchev–Trinajstić information content (AvgIpc) is 2.93. The Kier molecular flexibility index (Phi) is 4.74. The standard InChI is InChI=1S/C13H15ClN4O3/c1-3-9(7-12(19)20)18-13(15-16-17-18)10-5-4-8(14)6-11(10)21-2/h4-6,9H,3,7H2,1-2H3,(H,19,20). The number of carbonyl (C=O) groups is 1. The van der Waals surface area contributed by atoms with Crippen LogP contribution in [0.25, 0.3) is 11.4 Å². The van der Waals surface area contributed by atoms with Crippen LogP contribution in [0.4, 0.5) is 0 Å². The first kappa shape index (κ1) is 15.2. The lowest BCUT2D eigenvalue weighted by Crippen LogP contribution is -2.15. The number of methoxy groups -OCH3 is 1. The van der Waals surface area contributed by atoms with Crippen LogP contribution in [0, 0.1) is 0 Å². The van der Waals surface area contributed by atoms with E-state index in [-0.39, 0.29) is 12.5 Å². The van der Waals surface area contributed by atoms with Crippen molar-refractivity contribution in [1.29, 1.82) is 0 Å². The first-order valence-corrected chi connectivity index (χ1v) is 6.78. The van der Waals surface area contributed by atoms with Gasteiger partial charge >= 0.3 is 5.97 Å². The van der Waals surface area contributed by atoms with E-state index < -0.39 is 5.97 Å². The average molecular weight is 311 g/mol. The Labute approximate surface area is 126 Å². The lowest BCUT2D eigenvalue weighted by atomic mass is 10.1. The van der Waals surface area contributed by atoms with Crippen molar-refractivity contribution in [3.05, 3.63) is 23.2 Å². The maximum atomic E-state index is 11.0. The van der Waals surface area contributed by atoms with Crippen LogP contribution in [0.15, 0.2) is 18.2 Å². The number of tetrazole rings is 1. The van der Waals surface area contributed by atoms with E-state index in [4.69, 9.17) is 21.4 Å². The number of carboxylic acids is 1. The lowest BCUT2D eigenvalue weighted by molar-refractivity contribution is -0.138. The summed E-state index contributed by atoms with van der Waals surface area (Å²) in [6, 6.07) is 4.79. The number of aliphatic carboxylic acids is 1. The van der Waals surface area contributed by atoms with Gasteiger partial charge in [-0.1, -0.05) is 18.5 Å². The molecule has 21 heavy (non-hydrogen) atoms. The van der Waals surface area contributed by atoms with Crippen LogP contribution < -0.4 is 4.74 Å². The molecule has 0 saturated carbocycles.